The number of nitrogens with one attached hydrogen (secondary N) is 1. The first kappa shape index (κ1) is 18.5. The summed E-state index contributed by atoms with van der Waals surface area (Å²) in [5.74, 6) is -2.93. The van der Waals surface area contributed by atoms with Crippen LogP contribution in [0, 0.1) is 0 Å². The van der Waals surface area contributed by atoms with Crippen LogP contribution in [0.25, 0.3) is 28.0 Å². The third-order valence-electron chi connectivity index (χ3n) is 5.51. The molecule has 0 atom stereocenters. The number of pyridine rings is 1. The molecule has 1 aliphatic rings. The van der Waals surface area contributed by atoms with Crippen LogP contribution in [-0.4, -0.2) is 49.3 Å². The highest BCUT2D eigenvalue weighted by Gasteiger charge is 2.35. The highest BCUT2D eigenvalue weighted by Crippen LogP contribution is 2.29. The van der Waals surface area contributed by atoms with E-state index in [0.29, 0.717) is 5.56 Å². The van der Waals surface area contributed by atoms with Crippen molar-refractivity contribution in [3.05, 3.63) is 66.9 Å². The zero-order chi connectivity index (χ0) is 20.7. The van der Waals surface area contributed by atoms with Gasteiger partial charge in [-0.15, -0.1) is 0 Å². The van der Waals surface area contributed by atoms with Gasteiger partial charge in [0.15, 0.2) is 0 Å². The van der Waals surface area contributed by atoms with Crippen molar-refractivity contribution in [3.8, 4) is 16.9 Å². The molecule has 30 heavy (non-hydrogen) atoms. The maximum atomic E-state index is 13.4. The topological polar surface area (TPSA) is 66.8 Å². The first-order chi connectivity index (χ1) is 14.5. The lowest BCUT2D eigenvalue weighted by Crippen LogP contribution is -2.42. The van der Waals surface area contributed by atoms with Gasteiger partial charge in [-0.1, -0.05) is 12.1 Å². The van der Waals surface area contributed by atoms with Gasteiger partial charge < -0.3 is 14.5 Å². The lowest BCUT2D eigenvalue weighted by Gasteiger charge is -2.31. The summed E-state index contributed by atoms with van der Waals surface area (Å²) in [5.41, 5.74) is 4.06. The van der Waals surface area contributed by atoms with E-state index in [9.17, 15) is 13.6 Å². The molecule has 0 bridgehead atoms. The van der Waals surface area contributed by atoms with Crippen molar-refractivity contribution in [2.75, 3.05) is 13.1 Å². The van der Waals surface area contributed by atoms with Gasteiger partial charge in [-0.2, -0.15) is 0 Å². The van der Waals surface area contributed by atoms with Crippen molar-refractivity contribution in [2.24, 2.45) is 0 Å². The summed E-state index contributed by atoms with van der Waals surface area (Å²) in [6, 6.07) is 11.6. The number of piperidine rings is 1. The molecular formula is C22H19F2N5O. The number of benzene rings is 1. The average Bonchev–Trinajstić information content (AvgIpc) is 3.43. The number of aromatic amines is 1. The van der Waals surface area contributed by atoms with Crippen LogP contribution in [-0.2, 0) is 0 Å². The fraction of sp³-hybridized carbons (Fsp3) is 0.227. The molecule has 0 saturated carbocycles. The lowest BCUT2D eigenvalue weighted by molar-refractivity contribution is -0.0494. The predicted octanol–water partition coefficient (Wildman–Crippen LogP) is 4.29. The van der Waals surface area contributed by atoms with Gasteiger partial charge in [-0.05, 0) is 29.8 Å². The van der Waals surface area contributed by atoms with Crippen molar-refractivity contribution in [3.63, 3.8) is 0 Å². The van der Waals surface area contributed by atoms with Crippen molar-refractivity contribution in [2.45, 2.75) is 18.8 Å². The third kappa shape index (κ3) is 3.34. The maximum absolute atomic E-state index is 13.4. The number of rotatable bonds is 3. The van der Waals surface area contributed by atoms with Gasteiger partial charge in [0.25, 0.3) is 11.8 Å². The molecule has 0 unspecified atom stereocenters. The molecule has 4 heterocycles. The Balaban J connectivity index is 1.39. The molecular weight excluding hydrogens is 388 g/mol. The van der Waals surface area contributed by atoms with Gasteiger partial charge in [-0.3, -0.25) is 4.79 Å². The Morgan fingerprint density at radius 3 is 2.53 bits per heavy atom. The first-order valence-electron chi connectivity index (χ1n) is 9.74. The van der Waals surface area contributed by atoms with E-state index in [0.717, 1.165) is 28.0 Å². The number of aromatic nitrogens is 4. The second kappa shape index (κ2) is 7.05. The van der Waals surface area contributed by atoms with Gasteiger partial charge in [0.05, 0.1) is 23.8 Å². The minimum atomic E-state index is -2.68. The van der Waals surface area contributed by atoms with Crippen molar-refractivity contribution in [1.82, 2.24) is 24.4 Å². The molecule has 1 N–H and O–H groups in total. The minimum absolute atomic E-state index is 0.0631. The maximum Gasteiger partial charge on any atom is 0.255 e. The number of alkyl halides is 2. The Morgan fingerprint density at radius 2 is 1.83 bits per heavy atom. The SMILES string of the molecule is O=C(c1cnc2c(ccn2-c2ccc(-c3cnc[nH]3)cc2)c1)N1CCC(F)(F)CC1. The van der Waals surface area contributed by atoms with Crippen LogP contribution in [0.1, 0.15) is 23.2 Å². The molecule has 0 radical (unpaired) electrons. The molecule has 8 heteroatoms. The smallest absolute Gasteiger partial charge is 0.255 e. The standard InChI is InChI=1S/C22H19F2N5O/c23-22(24)6-9-28(10-7-22)21(30)17-11-16-5-8-29(20(16)26-12-17)18-3-1-15(2-4-18)19-13-25-14-27-19/h1-5,8,11-14H,6-7,9-10H2,(H,25,27). The summed E-state index contributed by atoms with van der Waals surface area (Å²) in [5, 5.41) is 0.820. The molecule has 6 nitrogen and oxygen atoms in total. The zero-order valence-corrected chi connectivity index (χ0v) is 16.1. The number of amides is 1. The molecule has 0 spiro atoms. The number of H-pyrrole nitrogens is 1. The highest BCUT2D eigenvalue weighted by atomic mass is 19.3. The molecule has 1 aliphatic heterocycles. The first-order valence-corrected chi connectivity index (χ1v) is 9.74. The zero-order valence-electron chi connectivity index (χ0n) is 16.1. The van der Waals surface area contributed by atoms with E-state index in [4.69, 9.17) is 0 Å². The fourth-order valence-corrected chi connectivity index (χ4v) is 3.78. The average molecular weight is 407 g/mol. The van der Waals surface area contributed by atoms with E-state index in [1.165, 1.54) is 11.1 Å². The molecule has 5 rings (SSSR count). The number of carbonyl (C=O) groups excluding carboxylic acids is 1. The predicted molar refractivity (Wildman–Crippen MR) is 109 cm³/mol. The van der Waals surface area contributed by atoms with Crippen LogP contribution in [0.2, 0.25) is 0 Å². The summed E-state index contributed by atoms with van der Waals surface area (Å²) >= 11 is 0. The summed E-state index contributed by atoms with van der Waals surface area (Å²) in [7, 11) is 0. The quantitative estimate of drug-likeness (QED) is 0.551. The highest BCUT2D eigenvalue weighted by molar-refractivity contribution is 5.97. The molecule has 1 fully saturated rings. The lowest BCUT2D eigenvalue weighted by atomic mass is 10.1. The number of halogens is 2. The van der Waals surface area contributed by atoms with E-state index >= 15 is 0 Å². The van der Waals surface area contributed by atoms with Crippen LogP contribution in [0.5, 0.6) is 0 Å². The Bertz CT molecular complexity index is 1190. The Hall–Kier alpha value is -3.55. The summed E-state index contributed by atoms with van der Waals surface area (Å²) in [4.78, 5) is 25.8. The number of carbonyl (C=O) groups is 1. The van der Waals surface area contributed by atoms with Crippen molar-refractivity contribution >= 4 is 16.9 Å². The summed E-state index contributed by atoms with van der Waals surface area (Å²) < 4.78 is 28.7. The summed E-state index contributed by atoms with van der Waals surface area (Å²) in [6.45, 7) is 0.126. The van der Waals surface area contributed by atoms with Gasteiger partial charge in [0.1, 0.15) is 5.65 Å². The van der Waals surface area contributed by atoms with E-state index < -0.39 is 5.92 Å². The van der Waals surface area contributed by atoms with Crippen LogP contribution in [0.3, 0.4) is 0 Å². The molecule has 3 aromatic heterocycles. The van der Waals surface area contributed by atoms with Crippen LogP contribution in [0.4, 0.5) is 8.78 Å². The number of hydrogen-bond donors (Lipinski definition) is 1. The van der Waals surface area contributed by atoms with Crippen LogP contribution in [0.15, 0.2) is 61.3 Å². The molecule has 152 valence electrons. The van der Waals surface area contributed by atoms with Crippen molar-refractivity contribution < 1.29 is 13.6 Å². The van der Waals surface area contributed by atoms with Crippen LogP contribution < -0.4 is 0 Å². The third-order valence-corrected chi connectivity index (χ3v) is 5.51. The number of fused-ring (bicyclic) bond motifs is 1. The monoisotopic (exact) mass is 407 g/mol. The number of hydrogen-bond acceptors (Lipinski definition) is 3. The molecule has 1 saturated heterocycles. The summed E-state index contributed by atoms with van der Waals surface area (Å²) in [6.07, 6.45) is 6.24. The van der Waals surface area contributed by atoms with Crippen LogP contribution >= 0.6 is 0 Å². The van der Waals surface area contributed by atoms with Crippen molar-refractivity contribution in [1.29, 1.82) is 0 Å². The van der Waals surface area contributed by atoms with Gasteiger partial charge >= 0.3 is 0 Å². The molecule has 0 aliphatic carbocycles. The second-order valence-electron chi connectivity index (χ2n) is 7.48. The fourth-order valence-electron chi connectivity index (χ4n) is 3.78. The molecule has 1 amide bonds. The number of likely N-dealkylation sites (tertiary alicyclic amines) is 1. The number of nitrogens with zero attached hydrogens (tertiary/aromatic N) is 4. The normalized spacial score (nSPS) is 16.1. The minimum Gasteiger partial charge on any atom is -0.345 e. The Morgan fingerprint density at radius 1 is 1.07 bits per heavy atom. The second-order valence-corrected chi connectivity index (χ2v) is 7.48. The largest absolute Gasteiger partial charge is 0.345 e. The van der Waals surface area contributed by atoms with E-state index in [1.54, 1.807) is 18.6 Å². The Kier molecular flexibility index (Phi) is 4.34. The van der Waals surface area contributed by atoms with Gasteiger partial charge in [-0.25, -0.2) is 18.7 Å². The van der Waals surface area contributed by atoms with Gasteiger partial charge in [0.2, 0.25) is 0 Å². The molecule has 4 aromatic rings. The Labute approximate surface area is 171 Å². The van der Waals surface area contributed by atoms with E-state index in [2.05, 4.69) is 15.0 Å². The van der Waals surface area contributed by atoms with E-state index in [-0.39, 0.29) is 31.8 Å². The number of imidazole rings is 1. The molecule has 1 aromatic carbocycles. The van der Waals surface area contributed by atoms with E-state index in [1.807, 2.05) is 41.1 Å². The van der Waals surface area contributed by atoms with Gasteiger partial charge in [0, 0.05) is 49.4 Å².